The van der Waals surface area contributed by atoms with Crippen LogP contribution >= 0.6 is 0 Å². The highest BCUT2D eigenvalue weighted by Gasteiger charge is 2.47. The van der Waals surface area contributed by atoms with Crippen LogP contribution < -0.4 is 5.32 Å². The Labute approximate surface area is 209 Å². The number of carbonyl (C=O) groups excluding carboxylic acids is 4. The summed E-state index contributed by atoms with van der Waals surface area (Å²) in [5, 5.41) is 3.55. The summed E-state index contributed by atoms with van der Waals surface area (Å²) in [6.07, 6.45) is 8.74. The van der Waals surface area contributed by atoms with E-state index in [0.717, 1.165) is 25.7 Å². The molecule has 0 unspecified atom stereocenters. The van der Waals surface area contributed by atoms with Crippen LogP contribution in [0.3, 0.4) is 0 Å². The predicted octanol–water partition coefficient (Wildman–Crippen LogP) is 2.78. The number of carbonyl (C=O) groups is 4. The van der Waals surface area contributed by atoms with Gasteiger partial charge < -0.3 is 5.32 Å². The van der Waals surface area contributed by atoms with Gasteiger partial charge in [0, 0.05) is 58.5 Å². The zero-order valence-corrected chi connectivity index (χ0v) is 22.8. The maximum Gasteiger partial charge on any atom is 0.253 e. The van der Waals surface area contributed by atoms with Crippen LogP contribution in [0.15, 0.2) is 24.3 Å². The molecule has 0 atom stereocenters. The van der Waals surface area contributed by atoms with Gasteiger partial charge in [0.1, 0.15) is 0 Å². The number of piperidine rings is 2. The van der Waals surface area contributed by atoms with Crippen LogP contribution in [0.4, 0.5) is 0 Å². The maximum absolute atomic E-state index is 11.8. The molecule has 4 heterocycles. The van der Waals surface area contributed by atoms with Crippen LogP contribution in [-0.2, 0) is 19.2 Å². The molecule has 8 heteroatoms. The fourth-order valence-electron chi connectivity index (χ4n) is 6.50. The van der Waals surface area contributed by atoms with Gasteiger partial charge in [0.05, 0.1) is 0 Å². The molecular weight excluding hydrogens is 444 g/mol. The molecule has 4 aliphatic rings. The molecule has 0 aromatic heterocycles. The first-order chi connectivity index (χ1) is 15.9. The lowest BCUT2D eigenvalue weighted by atomic mass is 9.77. The molecule has 194 valence electrons. The van der Waals surface area contributed by atoms with Crippen molar-refractivity contribution in [2.24, 2.45) is 0 Å². The van der Waals surface area contributed by atoms with Gasteiger partial charge in [-0.05, 0) is 88.1 Å². The minimum absolute atomic E-state index is 0.00111. The van der Waals surface area contributed by atoms with E-state index < -0.39 is 0 Å². The van der Waals surface area contributed by atoms with Crippen LogP contribution in [-0.4, -0.2) is 79.6 Å². The zero-order valence-electron chi connectivity index (χ0n) is 22.8. The predicted molar refractivity (Wildman–Crippen MR) is 135 cm³/mol. The summed E-state index contributed by atoms with van der Waals surface area (Å²) in [5.41, 5.74) is -0.156. The van der Waals surface area contributed by atoms with Crippen molar-refractivity contribution in [1.82, 2.24) is 20.0 Å². The van der Waals surface area contributed by atoms with E-state index in [2.05, 4.69) is 72.7 Å². The molecule has 4 rings (SSSR count). The summed E-state index contributed by atoms with van der Waals surface area (Å²) in [4.78, 5) is 52.2. The highest BCUT2D eigenvalue weighted by atomic mass is 16.2. The monoisotopic (exact) mass is 486 g/mol. The number of likely N-dealkylation sites (tertiary alicyclic amines) is 1. The van der Waals surface area contributed by atoms with Crippen molar-refractivity contribution in [2.75, 3.05) is 7.05 Å². The summed E-state index contributed by atoms with van der Waals surface area (Å²) < 4.78 is 0. The van der Waals surface area contributed by atoms with E-state index in [1.165, 1.54) is 34.1 Å². The van der Waals surface area contributed by atoms with Crippen molar-refractivity contribution >= 4 is 23.6 Å². The molecule has 2 fully saturated rings. The number of rotatable bonds is 2. The average Bonchev–Trinajstić information content (AvgIpc) is 3.18. The van der Waals surface area contributed by atoms with Crippen molar-refractivity contribution in [3.05, 3.63) is 24.3 Å². The van der Waals surface area contributed by atoms with Gasteiger partial charge in [0.25, 0.3) is 23.6 Å². The highest BCUT2D eigenvalue weighted by Crippen LogP contribution is 2.39. The minimum Gasteiger partial charge on any atom is -0.307 e. The molecule has 35 heavy (non-hydrogen) atoms. The number of hydrogen-bond acceptors (Lipinski definition) is 6. The lowest BCUT2D eigenvalue weighted by Gasteiger charge is -2.54. The van der Waals surface area contributed by atoms with Crippen LogP contribution in [0.25, 0.3) is 0 Å². The molecule has 0 spiro atoms. The third kappa shape index (κ3) is 5.75. The minimum atomic E-state index is -0.173. The lowest BCUT2D eigenvalue weighted by Crippen LogP contribution is -2.63. The molecule has 1 N–H and O–H groups in total. The smallest absolute Gasteiger partial charge is 0.253 e. The van der Waals surface area contributed by atoms with Gasteiger partial charge in [-0.3, -0.25) is 33.9 Å². The molecule has 0 aliphatic carbocycles. The maximum atomic E-state index is 11.8. The van der Waals surface area contributed by atoms with Crippen molar-refractivity contribution in [3.63, 3.8) is 0 Å². The van der Waals surface area contributed by atoms with Crippen molar-refractivity contribution in [3.8, 4) is 0 Å². The third-order valence-electron chi connectivity index (χ3n) is 7.87. The van der Waals surface area contributed by atoms with Crippen LogP contribution in [0, 0.1) is 0 Å². The summed E-state index contributed by atoms with van der Waals surface area (Å²) >= 11 is 0. The fraction of sp³-hybridized carbons (Fsp3) is 0.704. The first-order valence-corrected chi connectivity index (χ1v) is 12.5. The second-order valence-corrected chi connectivity index (χ2v) is 13.0. The molecule has 2 saturated heterocycles. The third-order valence-corrected chi connectivity index (χ3v) is 7.87. The summed E-state index contributed by atoms with van der Waals surface area (Å²) in [6.45, 7) is 17.1. The van der Waals surface area contributed by atoms with Gasteiger partial charge in [-0.1, -0.05) is 0 Å². The average molecular weight is 487 g/mol. The summed E-state index contributed by atoms with van der Waals surface area (Å²) in [6, 6.07) is -0.00236. The first-order valence-electron chi connectivity index (χ1n) is 12.5. The molecule has 0 radical (unpaired) electrons. The van der Waals surface area contributed by atoms with Crippen molar-refractivity contribution < 1.29 is 19.2 Å². The summed E-state index contributed by atoms with van der Waals surface area (Å²) in [7, 11) is 2.11. The standard InChI is InChI=1S/C14H22N2O2.C13H20N2O2/c1-13(2)8-10(9-14(3,4)15(13)5)16-11(17)6-7-12(16)18;1-12(2)7-9(8-13(3,4)14-12)15-10(16)5-6-11(15)17/h6-7,10H,8-9H2,1-5H3;5-6,9,14H,7-8H2,1-4H3. The Morgan fingerprint density at radius 1 is 0.600 bits per heavy atom. The van der Waals surface area contributed by atoms with Crippen molar-refractivity contribution in [2.45, 2.75) is 115 Å². The van der Waals surface area contributed by atoms with E-state index in [4.69, 9.17) is 0 Å². The molecule has 0 saturated carbocycles. The molecule has 0 aromatic carbocycles. The van der Waals surface area contributed by atoms with E-state index in [0.29, 0.717) is 0 Å². The van der Waals surface area contributed by atoms with Crippen LogP contribution in [0.2, 0.25) is 0 Å². The Morgan fingerprint density at radius 3 is 1.20 bits per heavy atom. The zero-order chi connectivity index (χ0) is 26.6. The number of imide groups is 2. The Kier molecular flexibility index (Phi) is 6.98. The Bertz CT molecular complexity index is 906. The Balaban J connectivity index is 0.000000196. The van der Waals surface area contributed by atoms with E-state index >= 15 is 0 Å². The Hall–Kier alpha value is -2.32. The molecule has 4 amide bonds. The van der Waals surface area contributed by atoms with Gasteiger partial charge in [0.15, 0.2) is 0 Å². The van der Waals surface area contributed by atoms with E-state index in [9.17, 15) is 19.2 Å². The van der Waals surface area contributed by atoms with E-state index in [-0.39, 0.29) is 57.9 Å². The number of amides is 4. The fourth-order valence-corrected chi connectivity index (χ4v) is 6.50. The highest BCUT2D eigenvalue weighted by molar-refractivity contribution is 6.13. The Morgan fingerprint density at radius 2 is 0.886 bits per heavy atom. The first kappa shape index (κ1) is 27.3. The van der Waals surface area contributed by atoms with E-state index in [1.54, 1.807) is 0 Å². The SMILES string of the molecule is CC1(C)CC(N2C(=O)C=CC2=O)CC(C)(C)N1.CN1C(C)(C)CC(N2C(=O)C=CC2=O)CC1(C)C. The van der Waals surface area contributed by atoms with Crippen molar-refractivity contribution in [1.29, 1.82) is 0 Å². The normalized spacial score (nSPS) is 28.0. The quantitative estimate of drug-likeness (QED) is 0.604. The van der Waals surface area contributed by atoms with Crippen LogP contribution in [0.5, 0.6) is 0 Å². The van der Waals surface area contributed by atoms with Gasteiger partial charge in [-0.25, -0.2) is 0 Å². The van der Waals surface area contributed by atoms with E-state index in [1.807, 2.05) is 0 Å². The number of nitrogens with one attached hydrogen (secondary N) is 1. The second-order valence-electron chi connectivity index (χ2n) is 13.0. The summed E-state index contributed by atoms with van der Waals surface area (Å²) in [5.74, 6) is -0.677. The van der Waals surface area contributed by atoms with Crippen LogP contribution in [0.1, 0.15) is 81.1 Å². The largest absolute Gasteiger partial charge is 0.307 e. The second kappa shape index (κ2) is 8.96. The van der Waals surface area contributed by atoms with Gasteiger partial charge >= 0.3 is 0 Å². The molecule has 0 aromatic rings. The lowest BCUT2D eigenvalue weighted by molar-refractivity contribution is -0.145. The number of nitrogens with zero attached hydrogens (tertiary/aromatic N) is 3. The molecule has 0 bridgehead atoms. The van der Waals surface area contributed by atoms with Gasteiger partial charge in [0.2, 0.25) is 0 Å². The molecular formula is C27H42N4O4. The van der Waals surface area contributed by atoms with Gasteiger partial charge in [-0.2, -0.15) is 0 Å². The van der Waals surface area contributed by atoms with Gasteiger partial charge in [-0.15, -0.1) is 0 Å². The molecule has 8 nitrogen and oxygen atoms in total. The number of hydrogen-bond donors (Lipinski definition) is 1. The topological polar surface area (TPSA) is 90.0 Å². The molecule has 4 aliphatic heterocycles.